The van der Waals surface area contributed by atoms with Crippen molar-refractivity contribution in [2.75, 3.05) is 18.8 Å². The molecule has 5 rings (SSSR count). The number of aromatic nitrogens is 4. The quantitative estimate of drug-likeness (QED) is 0.387. The summed E-state index contributed by atoms with van der Waals surface area (Å²) in [6.45, 7) is 6.99. The van der Waals surface area contributed by atoms with Crippen molar-refractivity contribution in [2.24, 2.45) is 0 Å². The summed E-state index contributed by atoms with van der Waals surface area (Å²) in [5.74, 6) is 6.87. The normalized spacial score (nSPS) is 15.8. The van der Waals surface area contributed by atoms with E-state index in [0.717, 1.165) is 45.5 Å². The van der Waals surface area contributed by atoms with E-state index >= 15 is 0 Å². The Morgan fingerprint density at radius 3 is 3.06 bits per heavy atom. The molecule has 7 nitrogen and oxygen atoms in total. The van der Waals surface area contributed by atoms with Crippen LogP contribution in [0.25, 0.3) is 21.3 Å². The zero-order valence-electron chi connectivity index (χ0n) is 17.7. The lowest BCUT2D eigenvalue weighted by atomic mass is 10.2. The Morgan fingerprint density at radius 2 is 2.25 bits per heavy atom. The van der Waals surface area contributed by atoms with Crippen LogP contribution in [0.5, 0.6) is 0 Å². The van der Waals surface area contributed by atoms with Gasteiger partial charge in [0.05, 0.1) is 32.2 Å². The molecule has 32 heavy (non-hydrogen) atoms. The first-order valence-electron chi connectivity index (χ1n) is 10.5. The van der Waals surface area contributed by atoms with Gasteiger partial charge >= 0.3 is 0 Å². The molecule has 1 amide bonds. The lowest BCUT2D eigenvalue weighted by Crippen LogP contribution is -2.27. The Labute approximate surface area is 189 Å². The van der Waals surface area contributed by atoms with E-state index in [1.165, 1.54) is 17.1 Å². The SMILES string of the molecule is C=CC(=O)N1CCC(n2cc(C#Cc3ccc4sc(CC)nc4c3)c3c(N)ncnc32)C1. The molecule has 1 aliphatic heterocycles. The lowest BCUT2D eigenvalue weighted by Gasteiger charge is -2.15. The molecule has 3 aromatic heterocycles. The lowest BCUT2D eigenvalue weighted by molar-refractivity contribution is -0.125. The van der Waals surface area contributed by atoms with E-state index in [1.807, 2.05) is 18.3 Å². The fourth-order valence-electron chi connectivity index (χ4n) is 4.12. The molecule has 4 heterocycles. The van der Waals surface area contributed by atoms with Crippen molar-refractivity contribution in [3.8, 4) is 11.8 Å². The van der Waals surface area contributed by atoms with E-state index in [2.05, 4.69) is 50.9 Å². The summed E-state index contributed by atoms with van der Waals surface area (Å²) in [5, 5.41) is 1.87. The second kappa shape index (κ2) is 8.09. The average molecular weight is 443 g/mol. The third-order valence-corrected chi connectivity index (χ3v) is 6.94. The van der Waals surface area contributed by atoms with Crippen molar-refractivity contribution in [2.45, 2.75) is 25.8 Å². The van der Waals surface area contributed by atoms with Gasteiger partial charge in [0.1, 0.15) is 17.8 Å². The molecule has 1 aliphatic rings. The Morgan fingerprint density at radius 1 is 1.38 bits per heavy atom. The minimum atomic E-state index is -0.0539. The van der Waals surface area contributed by atoms with E-state index in [4.69, 9.17) is 5.73 Å². The van der Waals surface area contributed by atoms with Crippen LogP contribution in [-0.2, 0) is 11.2 Å². The van der Waals surface area contributed by atoms with Crippen LogP contribution in [0.1, 0.15) is 35.5 Å². The van der Waals surface area contributed by atoms with Gasteiger partial charge in [0, 0.05) is 24.8 Å². The van der Waals surface area contributed by atoms with Crippen LogP contribution in [0.2, 0.25) is 0 Å². The molecule has 1 atom stereocenters. The molecule has 160 valence electrons. The zero-order chi connectivity index (χ0) is 22.2. The number of thiazole rings is 1. The van der Waals surface area contributed by atoms with Gasteiger partial charge in [-0.2, -0.15) is 0 Å². The molecule has 1 fully saturated rings. The number of aryl methyl sites for hydroxylation is 1. The van der Waals surface area contributed by atoms with Gasteiger partial charge in [-0.05, 0) is 37.1 Å². The highest BCUT2D eigenvalue weighted by Crippen LogP contribution is 2.30. The van der Waals surface area contributed by atoms with Crippen molar-refractivity contribution in [1.29, 1.82) is 0 Å². The molecule has 0 saturated carbocycles. The number of anilines is 1. The van der Waals surface area contributed by atoms with Crippen LogP contribution < -0.4 is 5.73 Å². The number of nitrogens with zero attached hydrogens (tertiary/aromatic N) is 5. The van der Waals surface area contributed by atoms with Crippen LogP contribution in [0.3, 0.4) is 0 Å². The van der Waals surface area contributed by atoms with E-state index in [1.54, 1.807) is 16.2 Å². The van der Waals surface area contributed by atoms with Gasteiger partial charge in [0.15, 0.2) is 0 Å². The largest absolute Gasteiger partial charge is 0.383 e. The Hall–Kier alpha value is -3.70. The topological polar surface area (TPSA) is 89.9 Å². The van der Waals surface area contributed by atoms with Gasteiger partial charge in [-0.3, -0.25) is 4.79 Å². The van der Waals surface area contributed by atoms with Crippen molar-refractivity contribution >= 4 is 44.3 Å². The molecule has 1 saturated heterocycles. The molecule has 0 bridgehead atoms. The summed E-state index contributed by atoms with van der Waals surface area (Å²) in [4.78, 5) is 27.1. The first-order chi connectivity index (χ1) is 15.6. The van der Waals surface area contributed by atoms with Gasteiger partial charge in [-0.1, -0.05) is 25.3 Å². The molecule has 1 unspecified atom stereocenters. The van der Waals surface area contributed by atoms with Crippen LogP contribution in [0, 0.1) is 11.8 Å². The van der Waals surface area contributed by atoms with Gasteiger partial charge in [0.25, 0.3) is 0 Å². The number of fused-ring (bicyclic) bond motifs is 2. The molecule has 1 aromatic carbocycles. The number of amides is 1. The third-order valence-electron chi connectivity index (χ3n) is 5.76. The van der Waals surface area contributed by atoms with E-state index in [9.17, 15) is 4.79 Å². The van der Waals surface area contributed by atoms with Gasteiger partial charge in [0.2, 0.25) is 5.91 Å². The average Bonchev–Trinajstić information content (AvgIpc) is 3.53. The first kappa shape index (κ1) is 20.2. The number of nitrogens with two attached hydrogens (primary N) is 1. The fraction of sp³-hybridized carbons (Fsp3) is 0.250. The van der Waals surface area contributed by atoms with Gasteiger partial charge < -0.3 is 15.2 Å². The standard InChI is InChI=1S/C24H22N6OS/c1-3-20-28-18-11-15(6-8-19(18)32-20)5-7-16-12-30(24-22(16)23(25)26-14-27-24)17-9-10-29(13-17)21(31)4-2/h4,6,8,11-12,14,17H,2-3,9-10,13H2,1H3,(H2,25,26,27). The van der Waals surface area contributed by atoms with E-state index in [0.29, 0.717) is 18.9 Å². The maximum atomic E-state index is 12.0. The molecule has 0 radical (unpaired) electrons. The predicted molar refractivity (Wildman–Crippen MR) is 127 cm³/mol. The number of nitrogen functional groups attached to an aromatic ring is 1. The molecule has 0 spiro atoms. The highest BCUT2D eigenvalue weighted by Gasteiger charge is 2.28. The maximum absolute atomic E-state index is 12.0. The molecule has 2 N–H and O–H groups in total. The van der Waals surface area contributed by atoms with E-state index in [-0.39, 0.29) is 11.9 Å². The number of rotatable bonds is 3. The predicted octanol–water partition coefficient (Wildman–Crippen LogP) is 3.54. The smallest absolute Gasteiger partial charge is 0.246 e. The fourth-order valence-corrected chi connectivity index (χ4v) is 5.01. The van der Waals surface area contributed by atoms with Crippen molar-refractivity contribution in [3.05, 3.63) is 59.5 Å². The number of carbonyl (C=O) groups is 1. The summed E-state index contributed by atoms with van der Waals surface area (Å²) in [6.07, 6.45) is 6.56. The minimum absolute atomic E-state index is 0.0539. The second-order valence-electron chi connectivity index (χ2n) is 7.73. The molecular formula is C24H22N6OS. The summed E-state index contributed by atoms with van der Waals surface area (Å²) in [5.41, 5.74) is 9.59. The van der Waals surface area contributed by atoms with Crippen LogP contribution in [0.4, 0.5) is 5.82 Å². The molecule has 4 aromatic rings. The maximum Gasteiger partial charge on any atom is 0.246 e. The van der Waals surface area contributed by atoms with Crippen molar-refractivity contribution < 1.29 is 4.79 Å². The summed E-state index contributed by atoms with van der Waals surface area (Å²) in [6, 6.07) is 6.21. The van der Waals surface area contributed by atoms with Crippen LogP contribution in [-0.4, -0.2) is 43.4 Å². The first-order valence-corrected chi connectivity index (χ1v) is 11.3. The highest BCUT2D eigenvalue weighted by atomic mass is 32.1. The summed E-state index contributed by atoms with van der Waals surface area (Å²) >= 11 is 1.72. The number of hydrogen-bond donors (Lipinski definition) is 1. The zero-order valence-corrected chi connectivity index (χ0v) is 18.5. The number of carbonyl (C=O) groups excluding carboxylic acids is 1. The third kappa shape index (κ3) is 3.51. The number of likely N-dealkylation sites (tertiary alicyclic amines) is 1. The van der Waals surface area contributed by atoms with Crippen molar-refractivity contribution in [3.63, 3.8) is 0 Å². The van der Waals surface area contributed by atoms with Gasteiger partial charge in [-0.15, -0.1) is 11.3 Å². The van der Waals surface area contributed by atoms with Gasteiger partial charge in [-0.25, -0.2) is 15.0 Å². The highest BCUT2D eigenvalue weighted by molar-refractivity contribution is 7.18. The Kier molecular flexibility index (Phi) is 5.11. The van der Waals surface area contributed by atoms with Crippen LogP contribution in [0.15, 0.2) is 43.4 Å². The van der Waals surface area contributed by atoms with E-state index < -0.39 is 0 Å². The molecular weight excluding hydrogens is 420 g/mol. The Bertz CT molecular complexity index is 1420. The van der Waals surface area contributed by atoms with Crippen molar-refractivity contribution in [1.82, 2.24) is 24.4 Å². The molecule has 8 heteroatoms. The van der Waals surface area contributed by atoms with Crippen LogP contribution >= 0.6 is 11.3 Å². The summed E-state index contributed by atoms with van der Waals surface area (Å²) < 4.78 is 3.24. The Balaban J connectivity index is 1.53. The number of benzene rings is 1. The monoisotopic (exact) mass is 442 g/mol. The molecule has 0 aliphatic carbocycles. The second-order valence-corrected chi connectivity index (χ2v) is 8.85. The summed E-state index contributed by atoms with van der Waals surface area (Å²) in [7, 11) is 0. The number of hydrogen-bond acceptors (Lipinski definition) is 6. The minimum Gasteiger partial charge on any atom is -0.383 e.